The van der Waals surface area contributed by atoms with Gasteiger partial charge in [-0.05, 0) is 19.1 Å². The van der Waals surface area contributed by atoms with Crippen LogP contribution in [0.4, 0.5) is 11.4 Å². The molecule has 0 unspecified atom stereocenters. The number of nitrogens with two attached hydrogens (primary N) is 1. The summed E-state index contributed by atoms with van der Waals surface area (Å²) < 4.78 is 35.8. The number of aryl methyl sites for hydroxylation is 1. The summed E-state index contributed by atoms with van der Waals surface area (Å²) in [6.45, 7) is 1.48. The first-order valence-corrected chi connectivity index (χ1v) is 8.38. The number of amides is 1. The molecular formula is C15H20ClN3O5S. The molecule has 0 bridgehead atoms. The lowest BCUT2D eigenvalue weighted by atomic mass is 10.2. The third-order valence-corrected chi connectivity index (χ3v) is 5.29. The Morgan fingerprint density at radius 1 is 1.28 bits per heavy atom. The van der Waals surface area contributed by atoms with Crippen LogP contribution >= 0.6 is 12.4 Å². The standard InChI is InChI=1S/C15H19N3O5S.ClH/c1-9-14(24(20,21)18(2)3)8-13(23-9)15(19)17-12-7-10(22-4)5-6-11(12)16;/h5-8H,16H2,1-4H3,(H,17,19);1H. The Balaban J connectivity index is 0.00000312. The number of furan rings is 1. The summed E-state index contributed by atoms with van der Waals surface area (Å²) >= 11 is 0. The first-order chi connectivity index (χ1) is 11.2. The number of carbonyl (C=O) groups excluding carboxylic acids is 1. The Morgan fingerprint density at radius 2 is 1.92 bits per heavy atom. The smallest absolute Gasteiger partial charge is 0.291 e. The molecule has 2 rings (SSSR count). The van der Waals surface area contributed by atoms with Crippen LogP contribution in [0, 0.1) is 6.92 Å². The van der Waals surface area contributed by atoms with Gasteiger partial charge in [0.1, 0.15) is 16.4 Å². The Kier molecular flexibility index (Phi) is 6.47. The Bertz CT molecular complexity index is 877. The summed E-state index contributed by atoms with van der Waals surface area (Å²) in [5.74, 6) is -0.0909. The van der Waals surface area contributed by atoms with Crippen molar-refractivity contribution in [3.8, 4) is 5.75 Å². The zero-order chi connectivity index (χ0) is 18.1. The second kappa shape index (κ2) is 7.77. The number of rotatable bonds is 5. The van der Waals surface area contributed by atoms with Gasteiger partial charge in [0.05, 0.1) is 18.5 Å². The van der Waals surface area contributed by atoms with E-state index in [9.17, 15) is 13.2 Å². The van der Waals surface area contributed by atoms with E-state index < -0.39 is 15.9 Å². The van der Waals surface area contributed by atoms with Gasteiger partial charge in [0.15, 0.2) is 5.76 Å². The molecule has 1 aromatic carbocycles. The van der Waals surface area contributed by atoms with E-state index in [1.807, 2.05) is 0 Å². The van der Waals surface area contributed by atoms with Crippen molar-refractivity contribution < 1.29 is 22.4 Å². The molecule has 0 aliphatic carbocycles. The molecule has 138 valence electrons. The van der Waals surface area contributed by atoms with Crippen molar-refractivity contribution in [2.75, 3.05) is 32.3 Å². The Hall–Kier alpha value is -2.23. The van der Waals surface area contributed by atoms with Crippen molar-refractivity contribution >= 4 is 39.7 Å². The van der Waals surface area contributed by atoms with Crippen LogP contribution < -0.4 is 15.8 Å². The van der Waals surface area contributed by atoms with Crippen LogP contribution in [0.3, 0.4) is 0 Å². The Morgan fingerprint density at radius 3 is 2.48 bits per heavy atom. The van der Waals surface area contributed by atoms with Crippen molar-refractivity contribution in [3.05, 3.63) is 35.8 Å². The maximum atomic E-state index is 12.3. The van der Waals surface area contributed by atoms with Crippen LogP contribution in [-0.4, -0.2) is 39.8 Å². The maximum absolute atomic E-state index is 12.3. The molecule has 10 heteroatoms. The molecule has 0 aliphatic rings. The first kappa shape index (κ1) is 20.8. The molecule has 25 heavy (non-hydrogen) atoms. The minimum atomic E-state index is -3.70. The van der Waals surface area contributed by atoms with E-state index >= 15 is 0 Å². The van der Waals surface area contributed by atoms with Gasteiger partial charge >= 0.3 is 0 Å². The molecule has 1 amide bonds. The number of halogens is 1. The monoisotopic (exact) mass is 389 g/mol. The largest absolute Gasteiger partial charge is 0.497 e. The number of nitrogen functional groups attached to an aromatic ring is 1. The van der Waals surface area contributed by atoms with E-state index in [4.69, 9.17) is 14.9 Å². The van der Waals surface area contributed by atoms with Crippen molar-refractivity contribution in [1.82, 2.24) is 4.31 Å². The summed E-state index contributed by atoms with van der Waals surface area (Å²) in [6, 6.07) is 5.99. The molecule has 0 radical (unpaired) electrons. The molecule has 0 aliphatic heterocycles. The predicted octanol–water partition coefficient (Wildman–Crippen LogP) is 2.10. The minimum absolute atomic E-state index is 0. The van der Waals surface area contributed by atoms with Crippen molar-refractivity contribution in [2.45, 2.75) is 11.8 Å². The topological polar surface area (TPSA) is 115 Å². The van der Waals surface area contributed by atoms with Crippen LogP contribution in [0.15, 0.2) is 33.6 Å². The van der Waals surface area contributed by atoms with Crippen LogP contribution in [0.1, 0.15) is 16.3 Å². The molecule has 0 fully saturated rings. The molecule has 0 saturated heterocycles. The quantitative estimate of drug-likeness (QED) is 0.756. The summed E-state index contributed by atoms with van der Waals surface area (Å²) in [7, 11) is 0.597. The number of carbonyl (C=O) groups is 1. The lowest BCUT2D eigenvalue weighted by molar-refractivity contribution is 0.0995. The van der Waals surface area contributed by atoms with E-state index in [1.165, 1.54) is 34.2 Å². The van der Waals surface area contributed by atoms with Gasteiger partial charge < -0.3 is 20.2 Å². The molecule has 2 aromatic rings. The van der Waals surface area contributed by atoms with E-state index in [1.54, 1.807) is 18.2 Å². The highest BCUT2D eigenvalue weighted by Crippen LogP contribution is 2.27. The summed E-state index contributed by atoms with van der Waals surface area (Å²) in [5.41, 5.74) is 6.49. The molecule has 1 aromatic heterocycles. The normalized spacial score (nSPS) is 11.1. The molecule has 0 saturated carbocycles. The van der Waals surface area contributed by atoms with E-state index in [2.05, 4.69) is 5.32 Å². The lowest BCUT2D eigenvalue weighted by Crippen LogP contribution is -2.22. The molecular weight excluding hydrogens is 370 g/mol. The first-order valence-electron chi connectivity index (χ1n) is 6.94. The summed E-state index contributed by atoms with van der Waals surface area (Å²) in [5, 5.41) is 2.58. The zero-order valence-corrected chi connectivity index (χ0v) is 15.8. The lowest BCUT2D eigenvalue weighted by Gasteiger charge is -2.09. The molecule has 3 N–H and O–H groups in total. The minimum Gasteiger partial charge on any atom is -0.497 e. The molecule has 1 heterocycles. The fraction of sp³-hybridized carbons (Fsp3) is 0.267. The highest BCUT2D eigenvalue weighted by Gasteiger charge is 2.26. The molecule has 0 atom stereocenters. The van der Waals surface area contributed by atoms with Gasteiger partial charge in [-0.3, -0.25) is 4.79 Å². The van der Waals surface area contributed by atoms with Gasteiger partial charge in [-0.25, -0.2) is 12.7 Å². The summed E-state index contributed by atoms with van der Waals surface area (Å²) in [4.78, 5) is 12.3. The average molecular weight is 390 g/mol. The maximum Gasteiger partial charge on any atom is 0.291 e. The van der Waals surface area contributed by atoms with Crippen LogP contribution in [0.2, 0.25) is 0 Å². The van der Waals surface area contributed by atoms with Gasteiger partial charge in [0.25, 0.3) is 5.91 Å². The SMILES string of the molecule is COc1ccc(N)c(NC(=O)c2cc(S(=O)(=O)N(C)C)c(C)o2)c1.Cl. The van der Waals surface area contributed by atoms with Crippen LogP contribution in [0.25, 0.3) is 0 Å². The highest BCUT2D eigenvalue weighted by molar-refractivity contribution is 7.89. The fourth-order valence-corrected chi connectivity index (χ4v) is 3.04. The van der Waals surface area contributed by atoms with Gasteiger partial charge in [0, 0.05) is 26.2 Å². The van der Waals surface area contributed by atoms with Crippen molar-refractivity contribution in [3.63, 3.8) is 0 Å². The number of nitrogens with one attached hydrogen (secondary N) is 1. The van der Waals surface area contributed by atoms with Crippen molar-refractivity contribution in [1.29, 1.82) is 0 Å². The fourth-order valence-electron chi connectivity index (χ4n) is 1.98. The van der Waals surface area contributed by atoms with Crippen molar-refractivity contribution in [2.24, 2.45) is 0 Å². The van der Waals surface area contributed by atoms with Gasteiger partial charge in [-0.2, -0.15) is 0 Å². The molecule has 8 nitrogen and oxygen atoms in total. The van der Waals surface area contributed by atoms with Gasteiger partial charge in [0.2, 0.25) is 10.0 Å². The Labute approximate surface area is 152 Å². The van der Waals surface area contributed by atoms with Crippen LogP contribution in [-0.2, 0) is 10.0 Å². The van der Waals surface area contributed by atoms with Crippen LogP contribution in [0.5, 0.6) is 5.75 Å². The predicted molar refractivity (Wildman–Crippen MR) is 96.9 cm³/mol. The van der Waals surface area contributed by atoms with Gasteiger partial charge in [-0.1, -0.05) is 0 Å². The molecule has 0 spiro atoms. The number of nitrogens with zero attached hydrogens (tertiary/aromatic N) is 1. The average Bonchev–Trinajstić information content (AvgIpc) is 2.92. The second-order valence-corrected chi connectivity index (χ2v) is 7.35. The van der Waals surface area contributed by atoms with E-state index in [0.717, 1.165) is 4.31 Å². The number of benzene rings is 1. The van der Waals surface area contributed by atoms with Gasteiger partial charge in [-0.15, -0.1) is 12.4 Å². The number of sulfonamides is 1. The number of hydrogen-bond donors (Lipinski definition) is 2. The number of methoxy groups -OCH3 is 1. The zero-order valence-electron chi connectivity index (χ0n) is 14.2. The number of hydrogen-bond acceptors (Lipinski definition) is 6. The van der Waals surface area contributed by atoms with E-state index in [0.29, 0.717) is 17.1 Å². The third kappa shape index (κ3) is 4.25. The van der Waals surface area contributed by atoms with E-state index in [-0.39, 0.29) is 28.8 Å². The summed E-state index contributed by atoms with van der Waals surface area (Å²) in [6.07, 6.45) is 0. The second-order valence-electron chi connectivity index (χ2n) is 5.23. The highest BCUT2D eigenvalue weighted by atomic mass is 35.5. The number of ether oxygens (including phenoxy) is 1. The third-order valence-electron chi connectivity index (χ3n) is 3.36. The number of anilines is 2.